The summed E-state index contributed by atoms with van der Waals surface area (Å²) in [5.74, 6) is 1.50. The number of aryl methyl sites for hydroxylation is 1. The van der Waals surface area contributed by atoms with Crippen LogP contribution >= 0.6 is 11.3 Å². The molecule has 4 rings (SSSR count). The molecule has 0 aliphatic carbocycles. The molecule has 3 aromatic rings. The Balaban J connectivity index is 1.52. The molecule has 0 radical (unpaired) electrons. The number of thiophene rings is 1. The summed E-state index contributed by atoms with van der Waals surface area (Å²) >= 11 is 1.57. The zero-order chi connectivity index (χ0) is 17.2. The molecule has 3 nitrogen and oxygen atoms in total. The number of fused-ring (bicyclic) bond motifs is 1. The van der Waals surface area contributed by atoms with Crippen LogP contribution in [-0.4, -0.2) is 5.78 Å². The van der Waals surface area contributed by atoms with E-state index in [1.165, 1.54) is 5.56 Å². The molecule has 2 aromatic carbocycles. The lowest BCUT2D eigenvalue weighted by molar-refractivity contribution is 0.101. The first-order chi connectivity index (χ1) is 12.2. The third-order valence-corrected chi connectivity index (χ3v) is 4.93. The first kappa shape index (κ1) is 15.7. The fourth-order valence-electron chi connectivity index (χ4n) is 2.69. The number of ketones is 1. The second-order valence-electron chi connectivity index (χ2n) is 5.83. The van der Waals surface area contributed by atoms with Crippen LogP contribution in [0.5, 0.6) is 11.5 Å². The van der Waals surface area contributed by atoms with Crippen LogP contribution in [0.3, 0.4) is 0 Å². The Morgan fingerprint density at radius 3 is 2.80 bits per heavy atom. The Labute approximate surface area is 150 Å². The summed E-state index contributed by atoms with van der Waals surface area (Å²) in [6.45, 7) is 2.54. The van der Waals surface area contributed by atoms with Gasteiger partial charge in [0.05, 0.1) is 5.56 Å². The molecule has 124 valence electrons. The van der Waals surface area contributed by atoms with Gasteiger partial charge in [0, 0.05) is 17.0 Å². The molecule has 0 saturated carbocycles. The SMILES string of the molecule is Cc1ccccc1COc1ccc2c(c1)OC(=Cc1cccs1)C2=O. The molecule has 0 spiro atoms. The molecule has 1 aliphatic heterocycles. The average molecular weight is 348 g/mol. The van der Waals surface area contributed by atoms with E-state index in [9.17, 15) is 4.79 Å². The summed E-state index contributed by atoms with van der Waals surface area (Å²) in [4.78, 5) is 13.4. The molecule has 0 unspecified atom stereocenters. The first-order valence-corrected chi connectivity index (χ1v) is 8.88. The summed E-state index contributed by atoms with van der Waals surface area (Å²) in [6.07, 6.45) is 1.78. The molecular formula is C21H16O3S. The van der Waals surface area contributed by atoms with Gasteiger partial charge in [-0.15, -0.1) is 11.3 Å². The van der Waals surface area contributed by atoms with Gasteiger partial charge in [-0.3, -0.25) is 4.79 Å². The van der Waals surface area contributed by atoms with Crippen molar-refractivity contribution in [3.05, 3.63) is 87.3 Å². The number of carbonyl (C=O) groups excluding carboxylic acids is 1. The third-order valence-electron chi connectivity index (χ3n) is 4.11. The molecule has 0 amide bonds. The highest BCUT2D eigenvalue weighted by molar-refractivity contribution is 7.10. The molecule has 0 saturated heterocycles. The quantitative estimate of drug-likeness (QED) is 0.604. The molecule has 1 aromatic heterocycles. The van der Waals surface area contributed by atoms with Crippen molar-refractivity contribution >= 4 is 23.2 Å². The minimum absolute atomic E-state index is 0.0890. The van der Waals surface area contributed by atoms with Crippen LogP contribution in [0.15, 0.2) is 65.7 Å². The molecule has 4 heteroatoms. The van der Waals surface area contributed by atoms with E-state index in [1.54, 1.807) is 29.5 Å². The van der Waals surface area contributed by atoms with Crippen LogP contribution < -0.4 is 9.47 Å². The van der Waals surface area contributed by atoms with Gasteiger partial charge in [0.25, 0.3) is 0 Å². The zero-order valence-electron chi connectivity index (χ0n) is 13.7. The van der Waals surface area contributed by atoms with Gasteiger partial charge < -0.3 is 9.47 Å². The van der Waals surface area contributed by atoms with Gasteiger partial charge in [-0.05, 0) is 41.6 Å². The van der Waals surface area contributed by atoms with Crippen LogP contribution in [-0.2, 0) is 6.61 Å². The van der Waals surface area contributed by atoms with E-state index in [0.29, 0.717) is 29.4 Å². The summed E-state index contributed by atoms with van der Waals surface area (Å²) in [7, 11) is 0. The lowest BCUT2D eigenvalue weighted by Gasteiger charge is -2.09. The first-order valence-electron chi connectivity index (χ1n) is 8.00. The van der Waals surface area contributed by atoms with Crippen molar-refractivity contribution in [1.29, 1.82) is 0 Å². The number of allylic oxidation sites excluding steroid dienone is 1. The molecule has 0 fully saturated rings. The van der Waals surface area contributed by atoms with Crippen molar-refractivity contribution in [1.82, 2.24) is 0 Å². The molecular weight excluding hydrogens is 332 g/mol. The number of carbonyl (C=O) groups is 1. The summed E-state index contributed by atoms with van der Waals surface area (Å²) in [5.41, 5.74) is 2.90. The predicted octanol–water partition coefficient (Wildman–Crippen LogP) is 5.25. The second-order valence-corrected chi connectivity index (χ2v) is 6.81. The predicted molar refractivity (Wildman–Crippen MR) is 99.2 cm³/mol. The lowest BCUT2D eigenvalue weighted by Crippen LogP contribution is -1.98. The maximum atomic E-state index is 12.4. The molecule has 0 atom stereocenters. The summed E-state index contributed by atoms with van der Waals surface area (Å²) in [5, 5.41) is 1.97. The van der Waals surface area contributed by atoms with Crippen molar-refractivity contribution in [2.45, 2.75) is 13.5 Å². The topological polar surface area (TPSA) is 35.5 Å². The zero-order valence-corrected chi connectivity index (χ0v) is 14.5. The minimum Gasteiger partial charge on any atom is -0.489 e. The number of Topliss-reactive ketones (excluding diaryl/α,β-unsaturated/α-hetero) is 1. The number of benzene rings is 2. The Kier molecular flexibility index (Phi) is 4.12. The Bertz CT molecular complexity index is 955. The molecule has 0 N–H and O–H groups in total. The van der Waals surface area contributed by atoms with Gasteiger partial charge in [-0.25, -0.2) is 0 Å². The lowest BCUT2D eigenvalue weighted by atomic mass is 10.1. The minimum atomic E-state index is -0.0890. The fraction of sp³-hybridized carbons (Fsp3) is 0.0952. The molecule has 25 heavy (non-hydrogen) atoms. The maximum Gasteiger partial charge on any atom is 0.232 e. The van der Waals surface area contributed by atoms with E-state index in [4.69, 9.17) is 9.47 Å². The fourth-order valence-corrected chi connectivity index (χ4v) is 3.34. The second kappa shape index (κ2) is 6.57. The van der Waals surface area contributed by atoms with Gasteiger partial charge in [0.2, 0.25) is 5.78 Å². The van der Waals surface area contributed by atoms with Crippen molar-refractivity contribution in [2.75, 3.05) is 0 Å². The van der Waals surface area contributed by atoms with Crippen LogP contribution in [0, 0.1) is 6.92 Å². The largest absolute Gasteiger partial charge is 0.489 e. The van der Waals surface area contributed by atoms with E-state index < -0.39 is 0 Å². The molecule has 1 aliphatic rings. The van der Waals surface area contributed by atoms with Gasteiger partial charge in [-0.2, -0.15) is 0 Å². The Morgan fingerprint density at radius 2 is 2.00 bits per heavy atom. The average Bonchev–Trinajstić information content (AvgIpc) is 3.23. The number of hydrogen-bond donors (Lipinski definition) is 0. The summed E-state index contributed by atoms with van der Waals surface area (Å²) in [6, 6.07) is 17.4. The monoisotopic (exact) mass is 348 g/mol. The van der Waals surface area contributed by atoms with Crippen LogP contribution in [0.1, 0.15) is 26.4 Å². The Morgan fingerprint density at radius 1 is 1.12 bits per heavy atom. The van der Waals surface area contributed by atoms with Gasteiger partial charge in [0.1, 0.15) is 18.1 Å². The smallest absolute Gasteiger partial charge is 0.232 e. The van der Waals surface area contributed by atoms with E-state index in [-0.39, 0.29) is 5.78 Å². The number of ether oxygens (including phenoxy) is 2. The van der Waals surface area contributed by atoms with Gasteiger partial charge in [0.15, 0.2) is 5.76 Å². The molecule has 0 bridgehead atoms. The molecule has 2 heterocycles. The van der Waals surface area contributed by atoms with Crippen LogP contribution in [0.4, 0.5) is 0 Å². The number of hydrogen-bond acceptors (Lipinski definition) is 4. The van der Waals surface area contributed by atoms with E-state index >= 15 is 0 Å². The van der Waals surface area contributed by atoms with Crippen molar-refractivity contribution < 1.29 is 14.3 Å². The highest BCUT2D eigenvalue weighted by Gasteiger charge is 2.27. The van der Waals surface area contributed by atoms with E-state index in [1.807, 2.05) is 41.8 Å². The third kappa shape index (κ3) is 3.21. The standard InChI is InChI=1S/C21H16O3S/c1-14-5-2-3-6-15(14)13-23-16-8-9-18-19(11-16)24-20(21(18)22)12-17-7-4-10-25-17/h2-12H,13H2,1H3. The van der Waals surface area contributed by atoms with Gasteiger partial charge in [-0.1, -0.05) is 30.3 Å². The van der Waals surface area contributed by atoms with Crippen molar-refractivity contribution in [2.24, 2.45) is 0 Å². The van der Waals surface area contributed by atoms with E-state index in [0.717, 1.165) is 10.4 Å². The highest BCUT2D eigenvalue weighted by atomic mass is 32.1. The van der Waals surface area contributed by atoms with Crippen molar-refractivity contribution in [3.63, 3.8) is 0 Å². The van der Waals surface area contributed by atoms with Gasteiger partial charge >= 0.3 is 0 Å². The Hall–Kier alpha value is -2.85. The number of rotatable bonds is 4. The van der Waals surface area contributed by atoms with Crippen LogP contribution in [0.25, 0.3) is 6.08 Å². The van der Waals surface area contributed by atoms with Crippen LogP contribution in [0.2, 0.25) is 0 Å². The maximum absolute atomic E-state index is 12.4. The summed E-state index contributed by atoms with van der Waals surface area (Å²) < 4.78 is 11.6. The van der Waals surface area contributed by atoms with Crippen molar-refractivity contribution in [3.8, 4) is 11.5 Å². The highest BCUT2D eigenvalue weighted by Crippen LogP contribution is 2.35. The normalized spacial score (nSPS) is 14.4. The van der Waals surface area contributed by atoms with E-state index in [2.05, 4.69) is 13.0 Å².